The summed E-state index contributed by atoms with van der Waals surface area (Å²) in [5.41, 5.74) is 6.59. The minimum absolute atomic E-state index is 0.340. The molecule has 0 unspecified atom stereocenters. The Kier molecular flexibility index (Phi) is 5.64. The van der Waals surface area contributed by atoms with Gasteiger partial charge < -0.3 is 8.98 Å². The fourth-order valence-electron chi connectivity index (χ4n) is 5.17. The summed E-state index contributed by atoms with van der Waals surface area (Å²) in [5.74, 6) is 0.850. The molecule has 0 radical (unpaired) electrons. The summed E-state index contributed by atoms with van der Waals surface area (Å²) >= 11 is 1.16. The van der Waals surface area contributed by atoms with Crippen molar-refractivity contribution in [2.24, 2.45) is 0 Å². The maximum absolute atomic E-state index is 8.75. The first-order valence-electron chi connectivity index (χ1n) is 12.7. The fourth-order valence-corrected chi connectivity index (χ4v) is 5.87. The van der Waals surface area contributed by atoms with Crippen LogP contribution in [0.15, 0.2) is 132 Å². The lowest BCUT2D eigenvalue weighted by Gasteiger charge is -2.11. The highest BCUT2D eigenvalue weighted by Crippen LogP contribution is 2.39. The predicted octanol–water partition coefficient (Wildman–Crippen LogP) is 9.28. The first-order chi connectivity index (χ1) is 19.2. The highest BCUT2D eigenvalue weighted by molar-refractivity contribution is 8.27. The zero-order valence-corrected chi connectivity index (χ0v) is 21.7. The van der Waals surface area contributed by atoms with E-state index in [1.807, 2.05) is 66.7 Å². The Labute approximate surface area is 229 Å². The maximum atomic E-state index is 8.75. The number of rotatable bonds is 4. The van der Waals surface area contributed by atoms with E-state index in [-0.39, 0.29) is 0 Å². The number of thioether (sulfide) groups is 1. The van der Waals surface area contributed by atoms with E-state index in [4.69, 9.17) is 15.2 Å². The molecule has 0 spiro atoms. The molecule has 0 aliphatic heterocycles. The molecule has 2 heterocycles. The second kappa shape index (κ2) is 9.46. The molecule has 0 saturated heterocycles. The van der Waals surface area contributed by atoms with Crippen LogP contribution in [0.25, 0.3) is 49.8 Å². The molecule has 0 atom stereocenters. The van der Waals surface area contributed by atoms with Crippen molar-refractivity contribution in [3.8, 4) is 17.0 Å². The maximum Gasteiger partial charge on any atom is 0.144 e. The molecule has 2 aromatic heterocycles. The number of hydrogen-bond donors (Lipinski definition) is 2. The lowest BCUT2D eigenvalue weighted by Crippen LogP contribution is -2.02. The second-order valence-electron chi connectivity index (χ2n) is 9.38. The van der Waals surface area contributed by atoms with Gasteiger partial charge in [0.05, 0.1) is 16.4 Å². The predicted molar refractivity (Wildman–Crippen MR) is 164 cm³/mol. The topological polar surface area (TPSA) is 65.8 Å². The van der Waals surface area contributed by atoms with E-state index in [0.29, 0.717) is 10.1 Å². The summed E-state index contributed by atoms with van der Waals surface area (Å²) in [5, 5.41) is 21.2. The number of nitrogens with one attached hydrogen (secondary N) is 2. The Morgan fingerprint density at radius 3 is 2.13 bits per heavy atom. The van der Waals surface area contributed by atoms with Crippen LogP contribution in [0.4, 0.5) is 0 Å². The van der Waals surface area contributed by atoms with Crippen LogP contribution < -0.4 is 0 Å². The summed E-state index contributed by atoms with van der Waals surface area (Å²) in [6, 6.07) is 42.5. The van der Waals surface area contributed by atoms with Crippen molar-refractivity contribution in [2.45, 2.75) is 0 Å². The van der Waals surface area contributed by atoms with Crippen molar-refractivity contribution in [2.75, 3.05) is 0 Å². The molecule has 186 valence electrons. The molecule has 7 aromatic rings. The van der Waals surface area contributed by atoms with E-state index in [2.05, 4.69) is 65.2 Å². The van der Waals surface area contributed by atoms with Gasteiger partial charge in [-0.1, -0.05) is 103 Å². The number of fused-ring (bicyclic) bond motifs is 5. The van der Waals surface area contributed by atoms with Gasteiger partial charge in [-0.25, -0.2) is 0 Å². The van der Waals surface area contributed by atoms with Crippen molar-refractivity contribution in [1.29, 1.82) is 10.8 Å². The van der Waals surface area contributed by atoms with Crippen LogP contribution in [0.2, 0.25) is 0 Å². The molecule has 0 aliphatic carbocycles. The number of furan rings is 1. The zero-order chi connectivity index (χ0) is 26.3. The van der Waals surface area contributed by atoms with Gasteiger partial charge in [0.15, 0.2) is 0 Å². The summed E-state index contributed by atoms with van der Waals surface area (Å²) in [6.45, 7) is 0. The van der Waals surface area contributed by atoms with Crippen LogP contribution in [0.1, 0.15) is 11.1 Å². The first-order valence-corrected chi connectivity index (χ1v) is 13.5. The molecule has 39 heavy (non-hydrogen) atoms. The van der Waals surface area contributed by atoms with E-state index in [0.717, 1.165) is 72.7 Å². The van der Waals surface area contributed by atoms with E-state index in [9.17, 15) is 0 Å². The molecule has 0 bridgehead atoms. The lowest BCUT2D eigenvalue weighted by atomic mass is 10.1. The molecule has 0 saturated carbocycles. The molecule has 0 fully saturated rings. The van der Waals surface area contributed by atoms with Gasteiger partial charge in [-0.3, -0.25) is 10.8 Å². The van der Waals surface area contributed by atoms with Crippen LogP contribution in [-0.2, 0) is 0 Å². The third kappa shape index (κ3) is 4.04. The first kappa shape index (κ1) is 23.3. The molecule has 5 heteroatoms. The standard InChI is InChI=1S/C34H23N3OS/c35-33(23-12-5-2-6-13-23)39-34(36)25-14-9-15-26(20-25)37-28-17-8-7-16-27(28)31-29(37)19-18-24-21-30(38-32(24)31)22-10-3-1-4-11-22/h1-21,35-36H. The van der Waals surface area contributed by atoms with Crippen LogP contribution >= 0.6 is 11.8 Å². The van der Waals surface area contributed by atoms with Gasteiger partial charge in [0.25, 0.3) is 0 Å². The van der Waals surface area contributed by atoms with Gasteiger partial charge in [0.1, 0.15) is 21.4 Å². The molecule has 0 aliphatic rings. The van der Waals surface area contributed by atoms with Crippen LogP contribution in [0, 0.1) is 10.8 Å². The van der Waals surface area contributed by atoms with Crippen molar-refractivity contribution in [3.05, 3.63) is 139 Å². The van der Waals surface area contributed by atoms with E-state index in [1.54, 1.807) is 0 Å². The minimum atomic E-state index is 0.340. The molecule has 2 N–H and O–H groups in total. The van der Waals surface area contributed by atoms with Crippen LogP contribution in [-0.4, -0.2) is 14.7 Å². The van der Waals surface area contributed by atoms with E-state index < -0.39 is 0 Å². The van der Waals surface area contributed by atoms with E-state index in [1.165, 1.54) is 0 Å². The number of nitrogens with zero attached hydrogens (tertiary/aromatic N) is 1. The molecule has 7 rings (SSSR count). The summed E-state index contributed by atoms with van der Waals surface area (Å²) < 4.78 is 8.73. The van der Waals surface area contributed by atoms with Crippen molar-refractivity contribution in [1.82, 2.24) is 4.57 Å². The smallest absolute Gasteiger partial charge is 0.144 e. The average Bonchev–Trinajstić information content (AvgIpc) is 3.57. The Morgan fingerprint density at radius 2 is 1.31 bits per heavy atom. The van der Waals surface area contributed by atoms with Gasteiger partial charge in [-0.05, 0) is 36.4 Å². The Hall–Kier alpha value is -4.87. The van der Waals surface area contributed by atoms with Crippen molar-refractivity contribution >= 4 is 54.6 Å². The summed E-state index contributed by atoms with van der Waals surface area (Å²) in [7, 11) is 0. The van der Waals surface area contributed by atoms with Crippen molar-refractivity contribution in [3.63, 3.8) is 0 Å². The van der Waals surface area contributed by atoms with Gasteiger partial charge in [0.2, 0.25) is 0 Å². The normalized spacial score (nSPS) is 11.4. The summed E-state index contributed by atoms with van der Waals surface area (Å²) in [6.07, 6.45) is 0. The quantitative estimate of drug-likeness (QED) is 0.179. The van der Waals surface area contributed by atoms with Gasteiger partial charge in [0, 0.05) is 33.2 Å². The monoisotopic (exact) mass is 521 g/mol. The number of benzene rings is 5. The third-order valence-corrected chi connectivity index (χ3v) is 7.86. The number of hydrogen-bond acceptors (Lipinski definition) is 4. The van der Waals surface area contributed by atoms with Gasteiger partial charge in [-0.15, -0.1) is 0 Å². The second-order valence-corrected chi connectivity index (χ2v) is 10.4. The SMILES string of the molecule is N=C(SC(=N)c1cccc(-n2c3ccccc3c3c4oc(-c5ccccc5)cc4ccc32)c1)c1ccccc1. The van der Waals surface area contributed by atoms with Gasteiger partial charge >= 0.3 is 0 Å². The van der Waals surface area contributed by atoms with E-state index >= 15 is 0 Å². The number of aromatic nitrogens is 1. The molecule has 4 nitrogen and oxygen atoms in total. The fraction of sp³-hybridized carbons (Fsp3) is 0. The number of para-hydroxylation sites is 1. The molecule has 5 aromatic carbocycles. The van der Waals surface area contributed by atoms with Gasteiger partial charge in [-0.2, -0.15) is 0 Å². The van der Waals surface area contributed by atoms with Crippen molar-refractivity contribution < 1.29 is 4.42 Å². The zero-order valence-electron chi connectivity index (χ0n) is 20.9. The Bertz CT molecular complexity index is 2020. The van der Waals surface area contributed by atoms with Crippen LogP contribution in [0.3, 0.4) is 0 Å². The lowest BCUT2D eigenvalue weighted by molar-refractivity contribution is 0.635. The highest BCUT2D eigenvalue weighted by atomic mass is 32.2. The highest BCUT2D eigenvalue weighted by Gasteiger charge is 2.18. The largest absolute Gasteiger partial charge is 0.455 e. The molecular formula is C34H23N3OS. The minimum Gasteiger partial charge on any atom is -0.455 e. The average molecular weight is 522 g/mol. The molecular weight excluding hydrogens is 498 g/mol. The third-order valence-electron chi connectivity index (χ3n) is 6.98. The Morgan fingerprint density at radius 1 is 0.615 bits per heavy atom. The van der Waals surface area contributed by atoms with Crippen LogP contribution in [0.5, 0.6) is 0 Å². The Balaban J connectivity index is 1.35. The molecule has 0 amide bonds. The summed E-state index contributed by atoms with van der Waals surface area (Å²) in [4.78, 5) is 0.